The molecule has 0 bridgehead atoms. The zero-order valence-electron chi connectivity index (χ0n) is 62.0. The number of phosphoric ester groups is 2. The van der Waals surface area contributed by atoms with Gasteiger partial charge >= 0.3 is 39.5 Å². The summed E-state index contributed by atoms with van der Waals surface area (Å²) in [6.45, 7) is 9.63. The molecule has 3 unspecified atom stereocenters. The van der Waals surface area contributed by atoms with Crippen LogP contribution in [0.15, 0.2) is 0 Å². The average molecular weight is 1400 g/mol. The van der Waals surface area contributed by atoms with Gasteiger partial charge in [-0.15, -0.1) is 0 Å². The van der Waals surface area contributed by atoms with Crippen LogP contribution in [0, 0.1) is 11.8 Å². The van der Waals surface area contributed by atoms with Crippen molar-refractivity contribution in [3.63, 3.8) is 0 Å². The lowest BCUT2D eigenvalue weighted by Crippen LogP contribution is -2.30. The number of unbranched alkanes of at least 4 members (excludes halogenated alkanes) is 44. The second kappa shape index (κ2) is 67.9. The van der Waals surface area contributed by atoms with Crippen LogP contribution < -0.4 is 0 Å². The van der Waals surface area contributed by atoms with Crippen LogP contribution in [0.4, 0.5) is 0 Å². The van der Waals surface area contributed by atoms with Gasteiger partial charge in [0, 0.05) is 25.7 Å². The highest BCUT2D eigenvalue weighted by atomic mass is 31.2. The van der Waals surface area contributed by atoms with E-state index in [1.807, 2.05) is 0 Å². The number of phosphoric acid groups is 2. The molecule has 6 atom stereocenters. The van der Waals surface area contributed by atoms with E-state index < -0.39 is 97.5 Å². The smallest absolute Gasteiger partial charge is 0.462 e. The molecule has 3 N–H and O–H groups in total. The highest BCUT2D eigenvalue weighted by Crippen LogP contribution is 2.45. The van der Waals surface area contributed by atoms with Gasteiger partial charge in [-0.25, -0.2) is 9.13 Å². The molecule has 19 heteroatoms. The summed E-state index contributed by atoms with van der Waals surface area (Å²) in [6.07, 6.45) is 55.5. The molecule has 564 valence electrons. The van der Waals surface area contributed by atoms with E-state index in [9.17, 15) is 43.2 Å². The molecule has 95 heavy (non-hydrogen) atoms. The van der Waals surface area contributed by atoms with E-state index in [2.05, 4.69) is 41.5 Å². The van der Waals surface area contributed by atoms with Crippen molar-refractivity contribution in [2.75, 3.05) is 39.6 Å². The van der Waals surface area contributed by atoms with Gasteiger partial charge in [0.25, 0.3) is 0 Å². The number of hydrogen-bond donors (Lipinski definition) is 3. The zero-order valence-corrected chi connectivity index (χ0v) is 63.8. The first-order valence-electron chi connectivity index (χ1n) is 39.5. The standard InChI is InChI=1S/C76H148O17P2/c1-7-10-12-14-16-17-18-19-20-24-31-36-42-48-54-60-75(80)92-71(64-86-73(78)58-52-46-38-15-13-11-8-2)66-90-94(82,83)88-62-70(77)63-89-95(84,85)91-67-72(65-87-74(79)59-53-47-41-35-30-27-26-28-33-39-44-50-56-68(4)5)93-76(81)61-55-49-43-37-32-25-22-21-23-29-34-40-45-51-57-69(6)9-3/h68-72,77H,7-67H2,1-6H3,(H,82,83)(H,84,85)/t69?,70-,71+,72+/m0/s1. The first-order chi connectivity index (χ1) is 45.9. The Bertz CT molecular complexity index is 1840. The largest absolute Gasteiger partial charge is 0.472 e. The van der Waals surface area contributed by atoms with Gasteiger partial charge in [-0.3, -0.25) is 37.3 Å². The molecule has 17 nitrogen and oxygen atoms in total. The minimum atomic E-state index is -4.96. The Balaban J connectivity index is 5.20. The molecule has 0 aliphatic heterocycles. The Morgan fingerprint density at radius 3 is 0.800 bits per heavy atom. The van der Waals surface area contributed by atoms with E-state index in [0.29, 0.717) is 25.7 Å². The molecule has 0 aliphatic rings. The summed E-state index contributed by atoms with van der Waals surface area (Å²) in [5.74, 6) is -0.491. The lowest BCUT2D eigenvalue weighted by Gasteiger charge is -2.21. The summed E-state index contributed by atoms with van der Waals surface area (Å²) < 4.78 is 68.4. The van der Waals surface area contributed by atoms with Gasteiger partial charge in [0.2, 0.25) is 0 Å². The molecule has 0 aliphatic carbocycles. The van der Waals surface area contributed by atoms with E-state index in [1.165, 1.54) is 199 Å². The van der Waals surface area contributed by atoms with E-state index in [-0.39, 0.29) is 25.7 Å². The molecule has 0 aromatic heterocycles. The quantitative estimate of drug-likeness (QED) is 0.0222. The van der Waals surface area contributed by atoms with Crippen LogP contribution in [0.1, 0.15) is 395 Å². The van der Waals surface area contributed by atoms with Crippen LogP contribution in [0.5, 0.6) is 0 Å². The summed E-state index contributed by atoms with van der Waals surface area (Å²) in [7, 11) is -9.91. The molecule has 0 rings (SSSR count). The van der Waals surface area contributed by atoms with Crippen LogP contribution in [0.3, 0.4) is 0 Å². The maximum atomic E-state index is 13.1. The van der Waals surface area contributed by atoms with Gasteiger partial charge in [0.05, 0.1) is 26.4 Å². The lowest BCUT2D eigenvalue weighted by molar-refractivity contribution is -0.161. The summed E-state index contributed by atoms with van der Waals surface area (Å²) in [5.41, 5.74) is 0. The number of carbonyl (C=O) groups excluding carboxylic acids is 4. The van der Waals surface area contributed by atoms with Crippen LogP contribution in [-0.4, -0.2) is 96.7 Å². The van der Waals surface area contributed by atoms with Crippen LogP contribution >= 0.6 is 15.6 Å². The minimum Gasteiger partial charge on any atom is -0.462 e. The molecular formula is C76H148O17P2. The third kappa shape index (κ3) is 69.0. The topological polar surface area (TPSA) is 237 Å². The Hall–Kier alpha value is -1.94. The highest BCUT2D eigenvalue weighted by molar-refractivity contribution is 7.47. The Labute approximate surface area is 581 Å². The second-order valence-electron chi connectivity index (χ2n) is 28.1. The van der Waals surface area contributed by atoms with Crippen molar-refractivity contribution in [2.45, 2.75) is 413 Å². The van der Waals surface area contributed by atoms with E-state index in [1.54, 1.807) is 0 Å². The number of aliphatic hydroxyl groups excluding tert-OH is 1. The number of esters is 4. The molecule has 0 heterocycles. The van der Waals surface area contributed by atoms with Crippen molar-refractivity contribution in [1.29, 1.82) is 0 Å². The maximum absolute atomic E-state index is 13.1. The molecule has 0 saturated heterocycles. The Kier molecular flexibility index (Phi) is 66.5. The monoisotopic (exact) mass is 1400 g/mol. The Morgan fingerprint density at radius 1 is 0.305 bits per heavy atom. The normalized spacial score (nSPS) is 14.3. The van der Waals surface area contributed by atoms with Gasteiger partial charge < -0.3 is 33.8 Å². The molecule has 0 fully saturated rings. The zero-order chi connectivity index (χ0) is 70.0. The van der Waals surface area contributed by atoms with Gasteiger partial charge in [0.15, 0.2) is 12.2 Å². The third-order valence-corrected chi connectivity index (χ3v) is 20.0. The minimum absolute atomic E-state index is 0.108. The van der Waals surface area contributed by atoms with Gasteiger partial charge in [-0.05, 0) is 37.5 Å². The number of hydrogen-bond acceptors (Lipinski definition) is 15. The summed E-state index contributed by atoms with van der Waals surface area (Å²) >= 11 is 0. The maximum Gasteiger partial charge on any atom is 0.472 e. The average Bonchev–Trinajstić information content (AvgIpc) is 3.24. The van der Waals surface area contributed by atoms with Crippen molar-refractivity contribution >= 4 is 39.5 Å². The molecule has 0 spiro atoms. The van der Waals surface area contributed by atoms with Gasteiger partial charge in [-0.1, -0.05) is 343 Å². The first-order valence-corrected chi connectivity index (χ1v) is 42.5. The van der Waals surface area contributed by atoms with Crippen molar-refractivity contribution in [3.8, 4) is 0 Å². The number of carbonyl (C=O) groups is 4. The van der Waals surface area contributed by atoms with Crippen LogP contribution in [0.25, 0.3) is 0 Å². The molecule has 0 amide bonds. The number of ether oxygens (including phenoxy) is 4. The third-order valence-electron chi connectivity index (χ3n) is 18.1. The van der Waals surface area contributed by atoms with Crippen LogP contribution in [0.2, 0.25) is 0 Å². The lowest BCUT2D eigenvalue weighted by atomic mass is 9.99. The molecule has 0 saturated carbocycles. The van der Waals surface area contributed by atoms with E-state index in [4.69, 9.17) is 37.0 Å². The van der Waals surface area contributed by atoms with Crippen molar-refractivity contribution in [3.05, 3.63) is 0 Å². The molecule has 0 aromatic carbocycles. The summed E-state index contributed by atoms with van der Waals surface area (Å²) in [4.78, 5) is 72.7. The predicted molar refractivity (Wildman–Crippen MR) is 386 cm³/mol. The van der Waals surface area contributed by atoms with Crippen molar-refractivity contribution in [2.24, 2.45) is 11.8 Å². The van der Waals surface area contributed by atoms with Crippen molar-refractivity contribution < 1.29 is 80.2 Å². The fourth-order valence-corrected chi connectivity index (χ4v) is 13.2. The van der Waals surface area contributed by atoms with Gasteiger partial charge in [-0.2, -0.15) is 0 Å². The van der Waals surface area contributed by atoms with Crippen molar-refractivity contribution in [1.82, 2.24) is 0 Å². The number of rotatable bonds is 75. The summed E-state index contributed by atoms with van der Waals surface area (Å²) in [5, 5.41) is 10.6. The Morgan fingerprint density at radius 2 is 0.537 bits per heavy atom. The molecule has 0 radical (unpaired) electrons. The fraction of sp³-hybridized carbons (Fsp3) is 0.947. The predicted octanol–water partition coefficient (Wildman–Crippen LogP) is 22.3. The van der Waals surface area contributed by atoms with Gasteiger partial charge in [0.1, 0.15) is 19.3 Å². The number of aliphatic hydroxyl groups is 1. The summed E-state index contributed by atoms with van der Waals surface area (Å²) in [6, 6.07) is 0. The molecular weight excluding hydrogens is 1250 g/mol. The second-order valence-corrected chi connectivity index (χ2v) is 31.0. The van der Waals surface area contributed by atoms with Crippen LogP contribution in [-0.2, 0) is 65.4 Å². The van der Waals surface area contributed by atoms with E-state index >= 15 is 0 Å². The highest BCUT2D eigenvalue weighted by Gasteiger charge is 2.30. The fourth-order valence-electron chi connectivity index (χ4n) is 11.6. The SMILES string of the molecule is CCCCCCCCCCCCCCCCCC(=O)O[C@H](COC(=O)CCCCCCCCC)COP(=O)(O)OC[C@H](O)COP(=O)(O)OC[C@@H](COC(=O)CCCCCCCCCCCCCCC(C)C)OC(=O)CCCCCCCCCCCCCCCCC(C)CC. The van der Waals surface area contributed by atoms with E-state index in [0.717, 1.165) is 115 Å². The molecule has 0 aromatic rings. The first kappa shape index (κ1) is 93.1.